The molecule has 4 rings (SSSR count). The maximum atomic E-state index is 6.25. The van der Waals surface area contributed by atoms with Gasteiger partial charge in [0.1, 0.15) is 0 Å². The summed E-state index contributed by atoms with van der Waals surface area (Å²) in [6.07, 6.45) is 8.66. The van der Waals surface area contributed by atoms with Gasteiger partial charge in [0.15, 0.2) is 0 Å². The van der Waals surface area contributed by atoms with Crippen molar-refractivity contribution in [1.29, 1.82) is 0 Å². The molecular weight excluding hydrogens is 440 g/mol. The van der Waals surface area contributed by atoms with Gasteiger partial charge in [-0.2, -0.15) is 0 Å². The average Bonchev–Trinajstić information content (AvgIpc) is 2.97. The third-order valence-corrected chi connectivity index (χ3v) is 8.46. The Kier molecular flexibility index (Phi) is 9.78. The molecule has 0 aliphatic heterocycles. The highest BCUT2D eigenvalue weighted by Gasteiger charge is 2.44. The first kappa shape index (κ1) is 26.6. The number of ether oxygens (including phenoxy) is 2. The summed E-state index contributed by atoms with van der Waals surface area (Å²) in [5, 5.41) is 0. The Bertz CT molecular complexity index is 888. The second-order valence-electron chi connectivity index (χ2n) is 10.5. The van der Waals surface area contributed by atoms with E-state index in [1.54, 1.807) is 0 Å². The van der Waals surface area contributed by atoms with Gasteiger partial charge in [0, 0.05) is 24.0 Å². The largest absolute Gasteiger partial charge is 0.381 e. The normalized spacial score (nSPS) is 15.2. The monoisotopic (exact) mass is 484 g/mol. The molecule has 0 unspecified atom stereocenters. The van der Waals surface area contributed by atoms with E-state index >= 15 is 0 Å². The highest BCUT2D eigenvalue weighted by Crippen LogP contribution is 2.49. The molecule has 2 heteroatoms. The molecule has 0 spiro atoms. The van der Waals surface area contributed by atoms with Crippen LogP contribution in [0.5, 0.6) is 0 Å². The van der Waals surface area contributed by atoms with Gasteiger partial charge in [-0.1, -0.05) is 110 Å². The number of hydrogen-bond acceptors (Lipinski definition) is 2. The van der Waals surface area contributed by atoms with E-state index in [1.807, 2.05) is 0 Å². The van der Waals surface area contributed by atoms with Crippen molar-refractivity contribution >= 4 is 0 Å². The minimum absolute atomic E-state index is 0.0238. The second kappa shape index (κ2) is 13.2. The van der Waals surface area contributed by atoms with Gasteiger partial charge in [0.2, 0.25) is 0 Å². The molecular formula is C34H44O2. The molecule has 192 valence electrons. The molecule has 3 aromatic rings. The first-order valence-corrected chi connectivity index (χ1v) is 14.1. The molecule has 0 radical (unpaired) electrons. The molecule has 0 amide bonds. The van der Waals surface area contributed by atoms with E-state index in [9.17, 15) is 0 Å². The molecule has 3 aromatic carbocycles. The Labute approximate surface area is 219 Å². The second-order valence-corrected chi connectivity index (χ2v) is 10.5. The Morgan fingerprint density at radius 3 is 1.39 bits per heavy atom. The Morgan fingerprint density at radius 1 is 0.583 bits per heavy atom. The summed E-state index contributed by atoms with van der Waals surface area (Å²) in [4.78, 5) is 0. The number of hydrogen-bond donors (Lipinski definition) is 0. The number of benzene rings is 3. The highest BCUT2D eigenvalue weighted by atomic mass is 16.5. The SMILES string of the molecule is CCOCC(CCC(c1ccccc1)(c1ccccc1)c1ccccc1)(COCC)C1CCCCC1. The van der Waals surface area contributed by atoms with Crippen LogP contribution in [0.1, 0.15) is 75.5 Å². The quantitative estimate of drug-likeness (QED) is 0.227. The molecule has 0 aromatic heterocycles. The molecule has 0 bridgehead atoms. The third-order valence-electron chi connectivity index (χ3n) is 8.46. The van der Waals surface area contributed by atoms with E-state index in [4.69, 9.17) is 9.47 Å². The number of rotatable bonds is 13. The molecule has 2 nitrogen and oxygen atoms in total. The summed E-state index contributed by atoms with van der Waals surface area (Å²) in [5.74, 6) is 0.643. The lowest BCUT2D eigenvalue weighted by molar-refractivity contribution is -0.0676. The molecule has 1 saturated carbocycles. The maximum absolute atomic E-state index is 6.25. The molecule has 1 aliphatic rings. The fraction of sp³-hybridized carbons (Fsp3) is 0.471. The van der Waals surface area contributed by atoms with Crippen LogP contribution >= 0.6 is 0 Å². The van der Waals surface area contributed by atoms with Crippen molar-refractivity contribution in [3.8, 4) is 0 Å². The van der Waals surface area contributed by atoms with Crippen LogP contribution in [0.15, 0.2) is 91.0 Å². The summed E-state index contributed by atoms with van der Waals surface area (Å²) < 4.78 is 12.5. The Balaban J connectivity index is 1.82. The molecule has 0 N–H and O–H groups in total. The van der Waals surface area contributed by atoms with Crippen molar-refractivity contribution in [3.63, 3.8) is 0 Å². The molecule has 0 heterocycles. The lowest BCUT2D eigenvalue weighted by atomic mass is 9.61. The van der Waals surface area contributed by atoms with E-state index in [-0.39, 0.29) is 10.8 Å². The molecule has 0 atom stereocenters. The zero-order valence-corrected chi connectivity index (χ0v) is 22.3. The van der Waals surface area contributed by atoms with E-state index in [2.05, 4.69) is 105 Å². The highest BCUT2D eigenvalue weighted by molar-refractivity contribution is 5.50. The van der Waals surface area contributed by atoms with Crippen molar-refractivity contribution in [3.05, 3.63) is 108 Å². The summed E-state index contributed by atoms with van der Waals surface area (Å²) in [5.41, 5.74) is 3.85. The van der Waals surface area contributed by atoms with Crippen LogP contribution in [0.3, 0.4) is 0 Å². The summed E-state index contributed by atoms with van der Waals surface area (Å²) >= 11 is 0. The minimum Gasteiger partial charge on any atom is -0.381 e. The van der Waals surface area contributed by atoms with Crippen LogP contribution in [0.4, 0.5) is 0 Å². The molecule has 0 saturated heterocycles. The van der Waals surface area contributed by atoms with Crippen molar-refractivity contribution in [2.24, 2.45) is 11.3 Å². The topological polar surface area (TPSA) is 18.5 Å². The molecule has 1 aliphatic carbocycles. The van der Waals surface area contributed by atoms with Gasteiger partial charge < -0.3 is 9.47 Å². The molecule has 1 fully saturated rings. The zero-order valence-electron chi connectivity index (χ0n) is 22.3. The predicted octanol–water partition coefficient (Wildman–Crippen LogP) is 8.44. The lowest BCUT2D eigenvalue weighted by Gasteiger charge is -2.45. The van der Waals surface area contributed by atoms with Crippen LogP contribution in [-0.4, -0.2) is 26.4 Å². The maximum Gasteiger partial charge on any atom is 0.0547 e. The standard InChI is InChI=1S/C34H44O2/c1-3-35-27-33(28-36-4-2,29-17-9-5-10-18-29)25-26-34(30-19-11-6-12-20-30,31-21-13-7-14-22-31)32-23-15-8-16-24-32/h6-8,11-16,19-24,29H,3-5,9-10,17-18,25-28H2,1-2H3. The van der Waals surface area contributed by atoms with E-state index in [1.165, 1.54) is 48.8 Å². The first-order valence-electron chi connectivity index (χ1n) is 14.1. The fourth-order valence-electron chi connectivity index (χ4n) is 6.49. The summed E-state index contributed by atoms with van der Waals surface area (Å²) in [6, 6.07) is 33.4. The Hall–Kier alpha value is -2.42. The summed E-state index contributed by atoms with van der Waals surface area (Å²) in [6.45, 7) is 7.30. The third kappa shape index (κ3) is 5.93. The average molecular weight is 485 g/mol. The van der Waals surface area contributed by atoms with Gasteiger partial charge >= 0.3 is 0 Å². The van der Waals surface area contributed by atoms with Crippen molar-refractivity contribution in [2.45, 2.75) is 64.2 Å². The van der Waals surface area contributed by atoms with Crippen LogP contribution in [0.25, 0.3) is 0 Å². The van der Waals surface area contributed by atoms with Crippen molar-refractivity contribution in [1.82, 2.24) is 0 Å². The van der Waals surface area contributed by atoms with Gasteiger partial charge in [-0.15, -0.1) is 0 Å². The smallest absolute Gasteiger partial charge is 0.0547 e. The van der Waals surface area contributed by atoms with Crippen LogP contribution in [-0.2, 0) is 14.9 Å². The van der Waals surface area contributed by atoms with E-state index in [0.717, 1.165) is 39.3 Å². The van der Waals surface area contributed by atoms with Crippen LogP contribution < -0.4 is 0 Å². The van der Waals surface area contributed by atoms with Crippen molar-refractivity contribution in [2.75, 3.05) is 26.4 Å². The fourth-order valence-corrected chi connectivity index (χ4v) is 6.49. The van der Waals surface area contributed by atoms with Gasteiger partial charge in [-0.05, 0) is 62.1 Å². The van der Waals surface area contributed by atoms with Gasteiger partial charge in [-0.3, -0.25) is 0 Å². The van der Waals surface area contributed by atoms with Gasteiger partial charge in [0.05, 0.1) is 13.2 Å². The summed E-state index contributed by atoms with van der Waals surface area (Å²) in [7, 11) is 0. The molecule has 36 heavy (non-hydrogen) atoms. The Morgan fingerprint density at radius 2 is 1.00 bits per heavy atom. The van der Waals surface area contributed by atoms with Gasteiger partial charge in [0.25, 0.3) is 0 Å². The van der Waals surface area contributed by atoms with Crippen LogP contribution in [0, 0.1) is 11.3 Å². The lowest BCUT2D eigenvalue weighted by Crippen LogP contribution is -2.43. The van der Waals surface area contributed by atoms with E-state index in [0.29, 0.717) is 5.92 Å². The van der Waals surface area contributed by atoms with Gasteiger partial charge in [-0.25, -0.2) is 0 Å². The van der Waals surface area contributed by atoms with Crippen LogP contribution in [0.2, 0.25) is 0 Å². The van der Waals surface area contributed by atoms with Crippen molar-refractivity contribution < 1.29 is 9.47 Å². The van der Waals surface area contributed by atoms with E-state index < -0.39 is 0 Å². The predicted molar refractivity (Wildman–Crippen MR) is 150 cm³/mol. The zero-order chi connectivity index (χ0) is 25.1. The minimum atomic E-state index is -0.234. The first-order chi connectivity index (χ1) is 17.7.